The van der Waals surface area contributed by atoms with Crippen LogP contribution < -0.4 is 4.72 Å². The molecule has 0 aliphatic carbocycles. The molecule has 18 heavy (non-hydrogen) atoms. The Morgan fingerprint density at radius 2 is 1.89 bits per heavy atom. The first-order valence-corrected chi connectivity index (χ1v) is 8.14. The van der Waals surface area contributed by atoms with Crippen molar-refractivity contribution in [2.45, 2.75) is 36.5 Å². The van der Waals surface area contributed by atoms with Gasteiger partial charge in [-0.15, -0.1) is 11.6 Å². The monoisotopic (exact) mass is 309 g/mol. The van der Waals surface area contributed by atoms with Gasteiger partial charge in [-0.3, -0.25) is 0 Å². The van der Waals surface area contributed by atoms with E-state index < -0.39 is 10.0 Å². The molecule has 1 aromatic carbocycles. The molecular formula is C12H17Cl2NO2S. The van der Waals surface area contributed by atoms with Gasteiger partial charge in [-0.2, -0.15) is 0 Å². The lowest BCUT2D eigenvalue weighted by Crippen LogP contribution is -2.29. The second-order valence-electron chi connectivity index (χ2n) is 4.05. The van der Waals surface area contributed by atoms with Crippen LogP contribution in [0.15, 0.2) is 29.2 Å². The van der Waals surface area contributed by atoms with Crippen LogP contribution in [0.5, 0.6) is 0 Å². The molecule has 102 valence electrons. The van der Waals surface area contributed by atoms with E-state index in [2.05, 4.69) is 11.6 Å². The van der Waals surface area contributed by atoms with Crippen molar-refractivity contribution in [3.63, 3.8) is 0 Å². The SMILES string of the molecule is CCCCC(Cl)CNS(=O)(=O)c1ccc(Cl)cc1. The lowest BCUT2D eigenvalue weighted by atomic mass is 10.2. The molecule has 3 nitrogen and oxygen atoms in total. The summed E-state index contributed by atoms with van der Waals surface area (Å²) >= 11 is 11.7. The van der Waals surface area contributed by atoms with Gasteiger partial charge in [-0.05, 0) is 30.7 Å². The molecule has 0 aliphatic heterocycles. The zero-order chi connectivity index (χ0) is 13.6. The van der Waals surface area contributed by atoms with E-state index in [1.807, 2.05) is 0 Å². The molecule has 0 spiro atoms. The maximum atomic E-state index is 11.9. The summed E-state index contributed by atoms with van der Waals surface area (Å²) in [4.78, 5) is 0.200. The van der Waals surface area contributed by atoms with E-state index in [0.717, 1.165) is 19.3 Å². The van der Waals surface area contributed by atoms with E-state index in [0.29, 0.717) is 5.02 Å². The maximum Gasteiger partial charge on any atom is 0.240 e. The fourth-order valence-corrected chi connectivity index (χ4v) is 2.96. The maximum absolute atomic E-state index is 11.9. The molecule has 0 bridgehead atoms. The van der Waals surface area contributed by atoms with Crippen molar-refractivity contribution in [3.8, 4) is 0 Å². The summed E-state index contributed by atoms with van der Waals surface area (Å²) in [7, 11) is -3.49. The standard InChI is InChI=1S/C12H17Cl2NO2S/c1-2-3-4-11(14)9-15-18(16,17)12-7-5-10(13)6-8-12/h5-8,11,15H,2-4,9H2,1H3. The number of unbranched alkanes of at least 4 members (excludes halogenated alkanes) is 1. The van der Waals surface area contributed by atoms with Crippen LogP contribution in [-0.2, 0) is 10.0 Å². The number of sulfonamides is 1. The van der Waals surface area contributed by atoms with Crippen LogP contribution in [0, 0.1) is 0 Å². The van der Waals surface area contributed by atoms with Crippen molar-refractivity contribution in [1.82, 2.24) is 4.72 Å². The van der Waals surface area contributed by atoms with Gasteiger partial charge in [0.15, 0.2) is 0 Å². The summed E-state index contributed by atoms with van der Waals surface area (Å²) in [6, 6.07) is 6.04. The second kappa shape index (κ2) is 7.34. The predicted octanol–water partition coefficient (Wildman–Crippen LogP) is 3.42. The number of hydrogen-bond donors (Lipinski definition) is 1. The third kappa shape index (κ3) is 5.14. The first-order valence-electron chi connectivity index (χ1n) is 5.85. The molecule has 1 atom stereocenters. The summed E-state index contributed by atoms with van der Waals surface area (Å²) in [5, 5.41) is 0.333. The highest BCUT2D eigenvalue weighted by Crippen LogP contribution is 2.14. The van der Waals surface area contributed by atoms with Crippen LogP contribution in [0.2, 0.25) is 5.02 Å². The van der Waals surface area contributed by atoms with Crippen LogP contribution in [-0.4, -0.2) is 20.3 Å². The first-order chi connectivity index (χ1) is 8.45. The normalized spacial score (nSPS) is 13.5. The number of hydrogen-bond acceptors (Lipinski definition) is 2. The largest absolute Gasteiger partial charge is 0.240 e. The summed E-state index contributed by atoms with van der Waals surface area (Å²) in [5.41, 5.74) is 0. The van der Waals surface area contributed by atoms with Crippen LogP contribution in [0.1, 0.15) is 26.2 Å². The quantitative estimate of drug-likeness (QED) is 0.784. The molecule has 0 saturated heterocycles. The smallest absolute Gasteiger partial charge is 0.210 e. The molecule has 0 aliphatic rings. The van der Waals surface area contributed by atoms with E-state index in [1.165, 1.54) is 12.1 Å². The Hall–Kier alpha value is -0.290. The van der Waals surface area contributed by atoms with Crippen molar-refractivity contribution >= 4 is 33.2 Å². The Morgan fingerprint density at radius 1 is 1.28 bits per heavy atom. The fourth-order valence-electron chi connectivity index (χ4n) is 1.42. The fraction of sp³-hybridized carbons (Fsp3) is 0.500. The minimum atomic E-state index is -3.49. The van der Waals surface area contributed by atoms with Crippen molar-refractivity contribution < 1.29 is 8.42 Å². The molecule has 6 heteroatoms. The van der Waals surface area contributed by atoms with Crippen LogP contribution in [0.4, 0.5) is 0 Å². The molecular weight excluding hydrogens is 293 g/mol. The van der Waals surface area contributed by atoms with Gasteiger partial charge in [0.1, 0.15) is 0 Å². The van der Waals surface area contributed by atoms with Gasteiger partial charge < -0.3 is 0 Å². The zero-order valence-electron chi connectivity index (χ0n) is 10.2. The van der Waals surface area contributed by atoms with Crippen molar-refractivity contribution in [1.29, 1.82) is 0 Å². The van der Waals surface area contributed by atoms with E-state index in [-0.39, 0.29) is 16.8 Å². The van der Waals surface area contributed by atoms with E-state index in [1.54, 1.807) is 12.1 Å². The highest BCUT2D eigenvalue weighted by Gasteiger charge is 2.15. The van der Waals surface area contributed by atoms with Gasteiger partial charge in [0.2, 0.25) is 10.0 Å². The van der Waals surface area contributed by atoms with Crippen molar-refractivity contribution in [3.05, 3.63) is 29.3 Å². The number of nitrogens with one attached hydrogen (secondary N) is 1. The third-order valence-electron chi connectivity index (χ3n) is 2.49. The van der Waals surface area contributed by atoms with Gasteiger partial charge in [-0.25, -0.2) is 13.1 Å². The van der Waals surface area contributed by atoms with E-state index in [4.69, 9.17) is 23.2 Å². The molecule has 1 unspecified atom stereocenters. The topological polar surface area (TPSA) is 46.2 Å². The molecule has 0 saturated carbocycles. The van der Waals surface area contributed by atoms with Crippen molar-refractivity contribution in [2.24, 2.45) is 0 Å². The number of alkyl halides is 1. The van der Waals surface area contributed by atoms with E-state index in [9.17, 15) is 8.42 Å². The van der Waals surface area contributed by atoms with Crippen molar-refractivity contribution in [2.75, 3.05) is 6.54 Å². The summed E-state index contributed by atoms with van der Waals surface area (Å²) < 4.78 is 26.3. The molecule has 0 fully saturated rings. The molecule has 0 radical (unpaired) electrons. The summed E-state index contributed by atoms with van der Waals surface area (Å²) in [5.74, 6) is 0. The van der Waals surface area contributed by atoms with Gasteiger partial charge in [0, 0.05) is 16.9 Å². The molecule has 1 aromatic rings. The zero-order valence-corrected chi connectivity index (χ0v) is 12.5. The minimum Gasteiger partial charge on any atom is -0.210 e. The Labute approximate surface area is 119 Å². The lowest BCUT2D eigenvalue weighted by Gasteiger charge is -2.11. The first kappa shape index (κ1) is 15.8. The average Bonchev–Trinajstić information content (AvgIpc) is 2.34. The Balaban J connectivity index is 2.57. The highest BCUT2D eigenvalue weighted by atomic mass is 35.5. The van der Waals surface area contributed by atoms with E-state index >= 15 is 0 Å². The highest BCUT2D eigenvalue weighted by molar-refractivity contribution is 7.89. The third-order valence-corrected chi connectivity index (χ3v) is 4.55. The second-order valence-corrected chi connectivity index (χ2v) is 6.87. The van der Waals surface area contributed by atoms with Crippen LogP contribution in [0.3, 0.4) is 0 Å². The van der Waals surface area contributed by atoms with Gasteiger partial charge >= 0.3 is 0 Å². The van der Waals surface area contributed by atoms with Crippen LogP contribution in [0.25, 0.3) is 0 Å². The van der Waals surface area contributed by atoms with Gasteiger partial charge in [0.05, 0.1) is 4.90 Å². The number of halogens is 2. The Morgan fingerprint density at radius 3 is 2.44 bits per heavy atom. The van der Waals surface area contributed by atoms with Crippen LogP contribution >= 0.6 is 23.2 Å². The lowest BCUT2D eigenvalue weighted by molar-refractivity contribution is 0.575. The summed E-state index contributed by atoms with van der Waals surface area (Å²) in [6.45, 7) is 2.31. The average molecular weight is 310 g/mol. The molecule has 1 N–H and O–H groups in total. The molecule has 0 heterocycles. The van der Waals surface area contributed by atoms with Gasteiger partial charge in [-0.1, -0.05) is 31.4 Å². The number of rotatable bonds is 7. The summed E-state index contributed by atoms with van der Waals surface area (Å²) in [6.07, 6.45) is 2.85. The number of benzene rings is 1. The Kier molecular flexibility index (Phi) is 6.43. The Bertz CT molecular complexity index is 459. The van der Waals surface area contributed by atoms with Gasteiger partial charge in [0.25, 0.3) is 0 Å². The molecule has 0 aromatic heterocycles. The molecule has 1 rings (SSSR count). The molecule has 0 amide bonds. The minimum absolute atomic E-state index is 0.174. The predicted molar refractivity (Wildman–Crippen MR) is 75.8 cm³/mol.